The average molecular weight is 318 g/mol. The van der Waals surface area contributed by atoms with Crippen LogP contribution in [0.3, 0.4) is 0 Å². The molecule has 0 atom stereocenters. The Labute approximate surface area is 126 Å². The summed E-state index contributed by atoms with van der Waals surface area (Å²) < 4.78 is 40.3. The number of ether oxygens (including phenoxy) is 1. The summed E-state index contributed by atoms with van der Waals surface area (Å²) in [5, 5.41) is 9.75. The van der Waals surface area contributed by atoms with Gasteiger partial charge in [0.05, 0.1) is 12.2 Å². The topological polar surface area (TPSA) is 67.4 Å². The number of alkyl halides is 3. The molecular formula is C13H17F3N4O2. The van der Waals surface area contributed by atoms with Crippen LogP contribution in [0, 0.1) is 0 Å². The van der Waals surface area contributed by atoms with Crippen LogP contribution in [0.25, 0.3) is 0 Å². The minimum Gasteiger partial charge on any atom is -0.467 e. The van der Waals surface area contributed by atoms with E-state index in [1.165, 1.54) is 18.2 Å². The summed E-state index contributed by atoms with van der Waals surface area (Å²) in [5.74, 6) is -0.515. The number of likely N-dealkylation sites (N-methyl/N-ethyl adjacent to an activating group) is 1. The van der Waals surface area contributed by atoms with Crippen LogP contribution in [0.2, 0.25) is 0 Å². The lowest BCUT2D eigenvalue weighted by molar-refractivity contribution is -0.154. The van der Waals surface area contributed by atoms with Gasteiger partial charge in [0.2, 0.25) is 11.8 Å². The lowest BCUT2D eigenvalue weighted by Gasteiger charge is -2.08. The van der Waals surface area contributed by atoms with Crippen LogP contribution in [0.5, 0.6) is 5.88 Å². The first-order valence-electron chi connectivity index (χ1n) is 6.37. The van der Waals surface area contributed by atoms with Gasteiger partial charge in [0.25, 0.3) is 0 Å². The third-order valence-corrected chi connectivity index (χ3v) is 2.26. The summed E-state index contributed by atoms with van der Waals surface area (Å²) >= 11 is 0. The largest absolute Gasteiger partial charge is 0.467 e. The Morgan fingerprint density at radius 3 is 2.64 bits per heavy atom. The second-order valence-electron chi connectivity index (χ2n) is 4.65. The molecule has 1 N–H and O–H groups in total. The van der Waals surface area contributed by atoms with Gasteiger partial charge in [-0.3, -0.25) is 4.79 Å². The summed E-state index contributed by atoms with van der Waals surface area (Å²) in [6, 6.07) is 2.70. The van der Waals surface area contributed by atoms with Gasteiger partial charge in [0.15, 0.2) is 6.61 Å². The van der Waals surface area contributed by atoms with Crippen LogP contribution in [0.15, 0.2) is 24.3 Å². The second-order valence-corrected chi connectivity index (χ2v) is 4.65. The summed E-state index contributed by atoms with van der Waals surface area (Å²) in [6.45, 7) is -0.662. The zero-order valence-electron chi connectivity index (χ0n) is 12.2. The van der Waals surface area contributed by atoms with E-state index in [0.717, 1.165) is 0 Å². The van der Waals surface area contributed by atoms with Crippen molar-refractivity contribution in [3.63, 3.8) is 0 Å². The standard InChI is InChI=1S/C13H17F3N4O2/c1-20(2)7-3-4-11(21)17-8-10-5-6-12(19-18-10)22-9-13(14,15)16/h3-6H,7-9H2,1-2H3,(H,17,21)/b4-3+. The Hall–Kier alpha value is -2.16. The van der Waals surface area contributed by atoms with Crippen molar-refractivity contribution >= 4 is 5.91 Å². The van der Waals surface area contributed by atoms with E-state index in [0.29, 0.717) is 12.2 Å². The summed E-state index contributed by atoms with van der Waals surface area (Å²) in [4.78, 5) is 13.4. The number of hydrogen-bond acceptors (Lipinski definition) is 5. The molecule has 0 saturated carbocycles. The molecule has 22 heavy (non-hydrogen) atoms. The van der Waals surface area contributed by atoms with E-state index in [2.05, 4.69) is 20.3 Å². The van der Waals surface area contributed by atoms with Crippen LogP contribution >= 0.6 is 0 Å². The lowest BCUT2D eigenvalue weighted by atomic mass is 10.3. The van der Waals surface area contributed by atoms with Gasteiger partial charge in [0.1, 0.15) is 0 Å². The fraction of sp³-hybridized carbons (Fsp3) is 0.462. The molecular weight excluding hydrogens is 301 g/mol. The van der Waals surface area contributed by atoms with E-state index in [-0.39, 0.29) is 18.3 Å². The molecule has 0 unspecified atom stereocenters. The minimum absolute atomic E-state index is 0.123. The highest BCUT2D eigenvalue weighted by molar-refractivity contribution is 5.87. The first-order chi connectivity index (χ1) is 10.3. The molecule has 1 aromatic rings. The Morgan fingerprint density at radius 2 is 2.09 bits per heavy atom. The highest BCUT2D eigenvalue weighted by atomic mass is 19.4. The zero-order valence-corrected chi connectivity index (χ0v) is 12.2. The number of hydrogen-bond donors (Lipinski definition) is 1. The smallest absolute Gasteiger partial charge is 0.422 e. The fourth-order valence-electron chi connectivity index (χ4n) is 1.28. The normalized spacial score (nSPS) is 11.9. The third-order valence-electron chi connectivity index (χ3n) is 2.26. The second kappa shape index (κ2) is 8.32. The molecule has 122 valence electrons. The molecule has 1 heterocycles. The molecule has 0 fully saturated rings. The fourth-order valence-corrected chi connectivity index (χ4v) is 1.28. The number of halogens is 3. The van der Waals surface area contributed by atoms with Crippen LogP contribution < -0.4 is 10.1 Å². The Kier molecular flexibility index (Phi) is 6.77. The Balaban J connectivity index is 2.38. The molecule has 9 heteroatoms. The molecule has 0 radical (unpaired) electrons. The highest BCUT2D eigenvalue weighted by Gasteiger charge is 2.28. The maximum absolute atomic E-state index is 12.0. The molecule has 0 bridgehead atoms. The third kappa shape index (κ3) is 8.20. The molecule has 0 spiro atoms. The van der Waals surface area contributed by atoms with Gasteiger partial charge in [-0.05, 0) is 20.2 Å². The van der Waals surface area contributed by atoms with Gasteiger partial charge in [-0.1, -0.05) is 6.08 Å². The maximum atomic E-state index is 12.0. The zero-order chi connectivity index (χ0) is 16.6. The maximum Gasteiger partial charge on any atom is 0.422 e. The molecule has 1 aromatic heterocycles. The predicted molar refractivity (Wildman–Crippen MR) is 73.1 cm³/mol. The monoisotopic (exact) mass is 318 g/mol. The van der Waals surface area contributed by atoms with E-state index < -0.39 is 12.8 Å². The van der Waals surface area contributed by atoms with E-state index in [4.69, 9.17) is 0 Å². The number of nitrogens with one attached hydrogen (secondary N) is 1. The van der Waals surface area contributed by atoms with Gasteiger partial charge >= 0.3 is 6.18 Å². The van der Waals surface area contributed by atoms with Crippen molar-refractivity contribution in [1.29, 1.82) is 0 Å². The first kappa shape index (κ1) is 17.9. The first-order valence-corrected chi connectivity index (χ1v) is 6.37. The van der Waals surface area contributed by atoms with Crippen molar-refractivity contribution in [3.05, 3.63) is 30.0 Å². The van der Waals surface area contributed by atoms with E-state index >= 15 is 0 Å². The lowest BCUT2D eigenvalue weighted by Crippen LogP contribution is -2.22. The van der Waals surface area contributed by atoms with Crippen molar-refractivity contribution in [2.24, 2.45) is 0 Å². The minimum atomic E-state index is -4.42. The van der Waals surface area contributed by atoms with E-state index in [9.17, 15) is 18.0 Å². The van der Waals surface area contributed by atoms with Crippen molar-refractivity contribution < 1.29 is 22.7 Å². The van der Waals surface area contributed by atoms with Gasteiger partial charge in [0, 0.05) is 18.7 Å². The number of aromatic nitrogens is 2. The number of carbonyl (C=O) groups excluding carboxylic acids is 1. The van der Waals surface area contributed by atoms with Crippen molar-refractivity contribution in [2.45, 2.75) is 12.7 Å². The predicted octanol–water partition coefficient (Wildman–Crippen LogP) is 1.15. The van der Waals surface area contributed by atoms with Crippen molar-refractivity contribution in [3.8, 4) is 5.88 Å². The molecule has 1 rings (SSSR count). The number of nitrogens with zero attached hydrogens (tertiary/aromatic N) is 3. The molecule has 0 aliphatic carbocycles. The summed E-state index contributed by atoms with van der Waals surface area (Å²) in [5.41, 5.74) is 0.411. The average Bonchev–Trinajstić information content (AvgIpc) is 2.43. The van der Waals surface area contributed by atoms with Crippen LogP contribution in [0.1, 0.15) is 5.69 Å². The van der Waals surface area contributed by atoms with Crippen LogP contribution in [-0.4, -0.2) is 54.4 Å². The number of rotatable bonds is 7. The van der Waals surface area contributed by atoms with E-state index in [1.807, 2.05) is 19.0 Å². The Bertz CT molecular complexity index is 501. The Morgan fingerprint density at radius 1 is 1.36 bits per heavy atom. The van der Waals surface area contributed by atoms with Gasteiger partial charge in [-0.25, -0.2) is 0 Å². The number of amides is 1. The summed E-state index contributed by atoms with van der Waals surface area (Å²) in [6.07, 6.45) is -1.32. The highest BCUT2D eigenvalue weighted by Crippen LogP contribution is 2.16. The number of carbonyl (C=O) groups is 1. The SMILES string of the molecule is CN(C)C/C=C/C(=O)NCc1ccc(OCC(F)(F)F)nn1. The van der Waals surface area contributed by atoms with Crippen LogP contribution in [-0.2, 0) is 11.3 Å². The van der Waals surface area contributed by atoms with Gasteiger partial charge in [-0.15, -0.1) is 5.10 Å². The van der Waals surface area contributed by atoms with Crippen molar-refractivity contribution in [1.82, 2.24) is 20.4 Å². The molecule has 0 aliphatic heterocycles. The van der Waals surface area contributed by atoms with Gasteiger partial charge in [-0.2, -0.15) is 18.3 Å². The summed E-state index contributed by atoms with van der Waals surface area (Å²) in [7, 11) is 3.75. The van der Waals surface area contributed by atoms with Crippen molar-refractivity contribution in [2.75, 3.05) is 27.2 Å². The molecule has 6 nitrogen and oxygen atoms in total. The van der Waals surface area contributed by atoms with E-state index in [1.54, 1.807) is 6.08 Å². The van der Waals surface area contributed by atoms with Gasteiger partial charge < -0.3 is 15.0 Å². The molecule has 0 aromatic carbocycles. The van der Waals surface area contributed by atoms with Crippen LogP contribution in [0.4, 0.5) is 13.2 Å². The quantitative estimate of drug-likeness (QED) is 0.764. The molecule has 0 saturated heterocycles. The molecule has 0 aliphatic rings. The molecule has 1 amide bonds.